The number of hydrogen-bond donors (Lipinski definition) is 0. The molecule has 0 N–H and O–H groups in total. The minimum absolute atomic E-state index is 0.611. The van der Waals surface area contributed by atoms with E-state index in [2.05, 4.69) is 20.9 Å². The van der Waals surface area contributed by atoms with E-state index in [-0.39, 0.29) is 0 Å². The fourth-order valence-electron chi connectivity index (χ4n) is 1.21. The highest BCUT2D eigenvalue weighted by Crippen LogP contribution is 2.31. The van der Waals surface area contributed by atoms with Crippen LogP contribution in [0.15, 0.2) is 22.2 Å². The number of thiophene rings is 1. The van der Waals surface area contributed by atoms with Crippen molar-refractivity contribution in [2.75, 3.05) is 0 Å². The molecule has 0 radical (unpaired) electrons. The van der Waals surface area contributed by atoms with Crippen LogP contribution < -0.4 is 0 Å². The lowest BCUT2D eigenvalue weighted by atomic mass is 10.3. The Morgan fingerprint density at radius 2 is 2.36 bits per heavy atom. The second-order valence-electron chi connectivity index (χ2n) is 2.81. The molecule has 0 saturated heterocycles. The van der Waals surface area contributed by atoms with Crippen LogP contribution in [-0.4, -0.2) is 15.8 Å². The molecule has 0 aliphatic rings. The van der Waals surface area contributed by atoms with Gasteiger partial charge >= 0.3 is 0 Å². The van der Waals surface area contributed by atoms with E-state index in [9.17, 15) is 4.79 Å². The van der Waals surface area contributed by atoms with E-state index in [4.69, 9.17) is 0 Å². The zero-order valence-corrected chi connectivity index (χ0v) is 9.80. The molecule has 0 amide bonds. The summed E-state index contributed by atoms with van der Waals surface area (Å²) < 4.78 is 2.76. The lowest BCUT2D eigenvalue weighted by molar-refractivity contribution is 0.111. The highest BCUT2D eigenvalue weighted by molar-refractivity contribution is 9.11. The smallest absolute Gasteiger partial charge is 0.168 e. The van der Waals surface area contributed by atoms with Crippen molar-refractivity contribution in [3.05, 3.63) is 27.9 Å². The van der Waals surface area contributed by atoms with Crippen molar-refractivity contribution in [3.63, 3.8) is 0 Å². The van der Waals surface area contributed by atoms with Crippen molar-refractivity contribution in [2.24, 2.45) is 7.05 Å². The van der Waals surface area contributed by atoms with Crippen LogP contribution in [0.25, 0.3) is 10.6 Å². The summed E-state index contributed by atoms with van der Waals surface area (Å²) in [5.41, 5.74) is 1.36. The van der Waals surface area contributed by atoms with Crippen molar-refractivity contribution in [3.8, 4) is 10.6 Å². The lowest BCUT2D eigenvalue weighted by Crippen LogP contribution is -1.93. The van der Waals surface area contributed by atoms with E-state index in [1.165, 1.54) is 0 Å². The average Bonchev–Trinajstić information content (AvgIpc) is 2.71. The van der Waals surface area contributed by atoms with Crippen molar-refractivity contribution < 1.29 is 4.79 Å². The van der Waals surface area contributed by atoms with E-state index >= 15 is 0 Å². The molecular weight excluding hydrogens is 264 g/mol. The molecule has 2 aromatic rings. The van der Waals surface area contributed by atoms with Crippen LogP contribution in [0.4, 0.5) is 0 Å². The van der Waals surface area contributed by atoms with Gasteiger partial charge in [0.15, 0.2) is 6.29 Å². The summed E-state index contributed by atoms with van der Waals surface area (Å²) in [6.45, 7) is 0. The predicted octanol–water partition coefficient (Wildman–Crippen LogP) is 2.72. The summed E-state index contributed by atoms with van der Waals surface area (Å²) in [4.78, 5) is 16.0. The van der Waals surface area contributed by atoms with E-state index in [1.54, 1.807) is 22.2 Å². The maximum atomic E-state index is 10.8. The Morgan fingerprint density at radius 1 is 1.57 bits per heavy atom. The summed E-state index contributed by atoms with van der Waals surface area (Å²) >= 11 is 4.94. The number of aromatic nitrogens is 2. The molecule has 0 aliphatic heterocycles. The van der Waals surface area contributed by atoms with Crippen LogP contribution in [0.3, 0.4) is 0 Å². The SMILES string of the molecule is Cn1cnc(-c2ccc(Br)s2)c1C=O. The standard InChI is InChI=1S/C9H7BrN2OS/c1-12-5-11-9(6(12)4-13)7-2-3-8(10)14-7/h2-5H,1H3. The topological polar surface area (TPSA) is 34.9 Å². The number of carbonyl (C=O) groups is 1. The highest BCUT2D eigenvalue weighted by Gasteiger charge is 2.11. The third-order valence-electron chi connectivity index (χ3n) is 1.90. The van der Waals surface area contributed by atoms with E-state index in [0.717, 1.165) is 20.6 Å². The van der Waals surface area contributed by atoms with Gasteiger partial charge in [-0.3, -0.25) is 4.79 Å². The molecule has 0 spiro atoms. The summed E-state index contributed by atoms with van der Waals surface area (Å²) in [5, 5.41) is 0. The van der Waals surface area contributed by atoms with Crippen LogP contribution in [0, 0.1) is 0 Å². The fourth-order valence-corrected chi connectivity index (χ4v) is 2.60. The molecule has 2 rings (SSSR count). The third-order valence-corrected chi connectivity index (χ3v) is 3.53. The molecular formula is C9H7BrN2OS. The van der Waals surface area contributed by atoms with Crippen LogP contribution in [0.5, 0.6) is 0 Å². The Hall–Kier alpha value is -0.940. The molecule has 0 aliphatic carbocycles. The average molecular weight is 271 g/mol. The Labute approximate surface area is 93.5 Å². The predicted molar refractivity (Wildman–Crippen MR) is 59.6 cm³/mol. The zero-order chi connectivity index (χ0) is 10.1. The first kappa shape index (κ1) is 9.61. The van der Waals surface area contributed by atoms with Crippen LogP contribution >= 0.6 is 27.3 Å². The van der Waals surface area contributed by atoms with Gasteiger partial charge < -0.3 is 4.57 Å². The van der Waals surface area contributed by atoms with Crippen molar-refractivity contribution in [1.29, 1.82) is 0 Å². The first-order chi connectivity index (χ1) is 6.72. The quantitative estimate of drug-likeness (QED) is 0.787. The minimum atomic E-state index is 0.611. The normalized spacial score (nSPS) is 10.4. The van der Waals surface area contributed by atoms with Gasteiger partial charge in [-0.15, -0.1) is 11.3 Å². The first-order valence-electron chi connectivity index (χ1n) is 3.94. The van der Waals surface area contributed by atoms with Crippen molar-refractivity contribution in [2.45, 2.75) is 0 Å². The molecule has 3 nitrogen and oxygen atoms in total. The van der Waals surface area contributed by atoms with Gasteiger partial charge in [0.2, 0.25) is 0 Å². The Bertz CT molecular complexity index is 475. The van der Waals surface area contributed by atoms with Gasteiger partial charge in [0, 0.05) is 7.05 Å². The highest BCUT2D eigenvalue weighted by atomic mass is 79.9. The molecule has 0 unspecified atom stereocenters. The van der Waals surface area contributed by atoms with Crippen LogP contribution in [-0.2, 0) is 7.05 Å². The number of halogens is 1. The zero-order valence-electron chi connectivity index (χ0n) is 7.40. The Morgan fingerprint density at radius 3 is 2.93 bits per heavy atom. The van der Waals surface area contributed by atoms with Gasteiger partial charge in [-0.05, 0) is 28.1 Å². The Kier molecular flexibility index (Phi) is 2.52. The van der Waals surface area contributed by atoms with Gasteiger partial charge in [-0.25, -0.2) is 4.98 Å². The van der Waals surface area contributed by atoms with E-state index < -0.39 is 0 Å². The fraction of sp³-hybridized carbons (Fsp3) is 0.111. The van der Waals surface area contributed by atoms with Gasteiger partial charge in [0.25, 0.3) is 0 Å². The molecule has 0 atom stereocenters. The van der Waals surface area contributed by atoms with Crippen molar-refractivity contribution >= 4 is 33.6 Å². The van der Waals surface area contributed by atoms with Crippen molar-refractivity contribution in [1.82, 2.24) is 9.55 Å². The van der Waals surface area contributed by atoms with Gasteiger partial charge in [0.05, 0.1) is 15.0 Å². The largest absolute Gasteiger partial charge is 0.331 e. The monoisotopic (exact) mass is 270 g/mol. The molecule has 5 heteroatoms. The Balaban J connectivity index is 2.56. The molecule has 0 saturated carbocycles. The molecule has 2 heterocycles. The lowest BCUT2D eigenvalue weighted by Gasteiger charge is -1.94. The van der Waals surface area contributed by atoms with Gasteiger partial charge in [-0.1, -0.05) is 0 Å². The number of aryl methyl sites for hydroxylation is 1. The maximum absolute atomic E-state index is 10.8. The molecule has 0 bridgehead atoms. The summed E-state index contributed by atoms with van der Waals surface area (Å²) in [6, 6.07) is 3.90. The molecule has 14 heavy (non-hydrogen) atoms. The number of nitrogens with zero attached hydrogens (tertiary/aromatic N) is 2. The number of carbonyl (C=O) groups excluding carboxylic acids is 1. The summed E-state index contributed by atoms with van der Waals surface area (Å²) in [6.07, 6.45) is 2.47. The van der Waals surface area contributed by atoms with E-state index in [0.29, 0.717) is 5.69 Å². The first-order valence-corrected chi connectivity index (χ1v) is 5.55. The van der Waals surface area contributed by atoms with Gasteiger partial charge in [-0.2, -0.15) is 0 Å². The molecule has 0 aromatic carbocycles. The summed E-state index contributed by atoms with van der Waals surface area (Å²) in [7, 11) is 1.81. The number of aldehydes is 1. The second-order valence-corrected chi connectivity index (χ2v) is 5.27. The maximum Gasteiger partial charge on any atom is 0.168 e. The molecule has 72 valence electrons. The number of rotatable bonds is 2. The third kappa shape index (κ3) is 1.53. The second kappa shape index (κ2) is 3.67. The number of hydrogen-bond acceptors (Lipinski definition) is 3. The molecule has 0 fully saturated rings. The summed E-state index contributed by atoms with van der Waals surface area (Å²) in [5.74, 6) is 0. The molecule has 2 aromatic heterocycles. The van der Waals surface area contributed by atoms with Crippen LogP contribution in [0.2, 0.25) is 0 Å². The van der Waals surface area contributed by atoms with E-state index in [1.807, 2.05) is 19.2 Å². The van der Waals surface area contributed by atoms with Crippen LogP contribution in [0.1, 0.15) is 10.5 Å². The minimum Gasteiger partial charge on any atom is -0.331 e. The number of imidazole rings is 1. The van der Waals surface area contributed by atoms with Gasteiger partial charge in [0.1, 0.15) is 11.4 Å².